The van der Waals surface area contributed by atoms with Crippen LogP contribution in [0.5, 0.6) is 0 Å². The lowest BCUT2D eigenvalue weighted by Gasteiger charge is -2.35. The van der Waals surface area contributed by atoms with Crippen LogP contribution in [0.4, 0.5) is 21.1 Å². The van der Waals surface area contributed by atoms with Gasteiger partial charge in [0.15, 0.2) is 0 Å². The summed E-state index contributed by atoms with van der Waals surface area (Å²) in [5, 5.41) is 11.3. The van der Waals surface area contributed by atoms with E-state index in [9.17, 15) is 9.59 Å². The number of anilines is 2. The number of carbonyl (C=O) groups is 2. The summed E-state index contributed by atoms with van der Waals surface area (Å²) in [5.41, 5.74) is 0.638. The fourth-order valence-electron chi connectivity index (χ4n) is 3.52. The van der Waals surface area contributed by atoms with Gasteiger partial charge in [-0.25, -0.2) is 14.6 Å². The van der Waals surface area contributed by atoms with E-state index in [1.807, 2.05) is 29.2 Å². The third kappa shape index (κ3) is 4.30. The fourth-order valence-corrected chi connectivity index (χ4v) is 3.60. The third-order valence-electron chi connectivity index (χ3n) is 5.10. The van der Waals surface area contributed by atoms with Crippen molar-refractivity contribution in [3.05, 3.63) is 42.9 Å². The molecule has 158 valence electrons. The number of rotatable bonds is 4. The van der Waals surface area contributed by atoms with E-state index in [4.69, 9.17) is 9.84 Å². The van der Waals surface area contributed by atoms with Crippen molar-refractivity contribution in [3.8, 4) is 0 Å². The quantitative estimate of drug-likeness (QED) is 0.703. The van der Waals surface area contributed by atoms with Crippen molar-refractivity contribution in [3.63, 3.8) is 0 Å². The number of nitrogens with zero attached hydrogens (tertiary/aromatic N) is 5. The number of piperazine rings is 1. The number of ether oxygens (including phenoxy) is 1. The normalized spacial score (nSPS) is 19.0. The number of hydrogen-bond acceptors (Lipinski definition) is 6. The molecule has 0 aliphatic carbocycles. The molecule has 0 aromatic carbocycles. The summed E-state index contributed by atoms with van der Waals surface area (Å²) in [6.07, 6.45) is 4.26. The van der Waals surface area contributed by atoms with Gasteiger partial charge in [0.1, 0.15) is 11.9 Å². The van der Waals surface area contributed by atoms with Crippen LogP contribution in [-0.2, 0) is 4.74 Å². The maximum Gasteiger partial charge on any atom is 0.414 e. The number of aliphatic hydroxyl groups excluding tert-OH is 1. The Bertz CT molecular complexity index is 912. The number of aromatic nitrogens is 2. The molecule has 2 aliphatic heterocycles. The summed E-state index contributed by atoms with van der Waals surface area (Å²) in [4.78, 5) is 34.5. The summed E-state index contributed by atoms with van der Waals surface area (Å²) in [5.74, 6) is 0.795. The molecule has 0 spiro atoms. The summed E-state index contributed by atoms with van der Waals surface area (Å²) in [7, 11) is 0. The van der Waals surface area contributed by atoms with Crippen LogP contribution in [0.25, 0.3) is 0 Å². The SMILES string of the molecule is O=C1OC(CNC(O)=S)CN1c1ccc(N2CCN(C(=O)n3cccc3)CC2)nc1. The Morgan fingerprint density at radius 3 is 2.60 bits per heavy atom. The van der Waals surface area contributed by atoms with Crippen LogP contribution in [0.1, 0.15) is 0 Å². The number of pyridine rings is 1. The minimum absolute atomic E-state index is 0.0264. The highest BCUT2D eigenvalue weighted by molar-refractivity contribution is 7.79. The maximum absolute atomic E-state index is 12.4. The van der Waals surface area contributed by atoms with E-state index in [1.54, 1.807) is 23.2 Å². The Morgan fingerprint density at radius 2 is 1.97 bits per heavy atom. The van der Waals surface area contributed by atoms with Crippen molar-refractivity contribution in [1.29, 1.82) is 0 Å². The lowest BCUT2D eigenvalue weighted by Crippen LogP contribution is -2.50. The summed E-state index contributed by atoms with van der Waals surface area (Å²) >= 11 is 4.55. The van der Waals surface area contributed by atoms with Crippen LogP contribution in [0, 0.1) is 0 Å². The Morgan fingerprint density at radius 1 is 1.23 bits per heavy atom. The minimum atomic E-state index is -0.461. The Kier molecular flexibility index (Phi) is 5.70. The molecule has 11 heteroatoms. The van der Waals surface area contributed by atoms with Gasteiger partial charge in [-0.05, 0) is 36.5 Å². The highest BCUT2D eigenvalue weighted by Crippen LogP contribution is 2.23. The van der Waals surface area contributed by atoms with Crippen LogP contribution < -0.4 is 15.1 Å². The van der Waals surface area contributed by atoms with Gasteiger partial charge in [-0.2, -0.15) is 0 Å². The predicted octanol–water partition coefficient (Wildman–Crippen LogP) is 1.43. The summed E-state index contributed by atoms with van der Waals surface area (Å²) < 4.78 is 6.84. The van der Waals surface area contributed by atoms with E-state index in [0.717, 1.165) is 5.82 Å². The summed E-state index contributed by atoms with van der Waals surface area (Å²) in [6, 6.07) is 7.32. The maximum atomic E-state index is 12.4. The first-order valence-electron chi connectivity index (χ1n) is 9.59. The molecule has 2 amide bonds. The van der Waals surface area contributed by atoms with E-state index in [-0.39, 0.29) is 17.8 Å². The lowest BCUT2D eigenvalue weighted by molar-refractivity contribution is 0.142. The first kappa shape index (κ1) is 20.0. The summed E-state index contributed by atoms with van der Waals surface area (Å²) in [6.45, 7) is 3.17. The Labute approximate surface area is 178 Å². The Hall–Kier alpha value is -3.34. The van der Waals surface area contributed by atoms with Gasteiger partial charge in [-0.15, -0.1) is 0 Å². The topological polar surface area (TPSA) is 103 Å². The van der Waals surface area contributed by atoms with Gasteiger partial charge < -0.3 is 25.0 Å². The molecule has 1 unspecified atom stereocenters. The molecule has 2 N–H and O–H groups in total. The van der Waals surface area contributed by atoms with Gasteiger partial charge >= 0.3 is 12.1 Å². The van der Waals surface area contributed by atoms with Crippen LogP contribution in [0.3, 0.4) is 0 Å². The molecule has 0 saturated carbocycles. The van der Waals surface area contributed by atoms with Crippen LogP contribution >= 0.6 is 12.2 Å². The molecular weight excluding hydrogens is 408 g/mol. The van der Waals surface area contributed by atoms with Crippen molar-refractivity contribution in [1.82, 2.24) is 19.8 Å². The molecule has 4 rings (SSSR count). The zero-order chi connectivity index (χ0) is 21.1. The number of hydrogen-bond donors (Lipinski definition) is 2. The van der Waals surface area contributed by atoms with Crippen molar-refractivity contribution in [2.75, 3.05) is 49.1 Å². The van der Waals surface area contributed by atoms with Gasteiger partial charge in [0.25, 0.3) is 5.17 Å². The minimum Gasteiger partial charge on any atom is -0.487 e. The highest BCUT2D eigenvalue weighted by Gasteiger charge is 2.32. The number of thiocarbonyl (C=S) groups is 1. The fraction of sp³-hybridized carbons (Fsp3) is 0.368. The zero-order valence-corrected chi connectivity index (χ0v) is 17.0. The van der Waals surface area contributed by atoms with Crippen molar-refractivity contribution in [2.24, 2.45) is 0 Å². The molecule has 10 nitrogen and oxygen atoms in total. The first-order valence-corrected chi connectivity index (χ1v) is 10.0. The van der Waals surface area contributed by atoms with Gasteiger partial charge in [-0.3, -0.25) is 9.47 Å². The number of aliphatic hydroxyl groups is 1. The van der Waals surface area contributed by atoms with E-state index in [0.29, 0.717) is 38.4 Å². The molecule has 2 saturated heterocycles. The smallest absolute Gasteiger partial charge is 0.414 e. The average molecular weight is 430 g/mol. The largest absolute Gasteiger partial charge is 0.487 e. The average Bonchev–Trinajstić information content (AvgIpc) is 3.42. The van der Waals surface area contributed by atoms with E-state index < -0.39 is 12.2 Å². The predicted molar refractivity (Wildman–Crippen MR) is 114 cm³/mol. The first-order chi connectivity index (χ1) is 14.5. The second-order valence-electron chi connectivity index (χ2n) is 7.02. The van der Waals surface area contributed by atoms with Crippen molar-refractivity contribution < 1.29 is 19.4 Å². The highest BCUT2D eigenvalue weighted by atomic mass is 32.1. The third-order valence-corrected chi connectivity index (χ3v) is 5.24. The van der Waals surface area contributed by atoms with E-state index in [1.165, 1.54) is 4.90 Å². The van der Waals surface area contributed by atoms with Gasteiger partial charge in [0.2, 0.25) is 0 Å². The lowest BCUT2D eigenvalue weighted by atomic mass is 10.3. The van der Waals surface area contributed by atoms with Gasteiger partial charge in [0, 0.05) is 38.6 Å². The molecule has 2 fully saturated rings. The number of cyclic esters (lactones) is 1. The standard InChI is InChI=1S/C19H22N6O4S/c26-17(30)21-12-15-13-25(19(28)29-15)14-3-4-16(20-11-14)22-7-9-24(10-8-22)18(27)23-5-1-2-6-23/h1-6,11,15H,7-10,12-13H2,(H2,21,26,30). The molecular formula is C19H22N6O4S. The molecule has 30 heavy (non-hydrogen) atoms. The van der Waals surface area contributed by atoms with E-state index >= 15 is 0 Å². The number of carbonyl (C=O) groups excluding carboxylic acids is 2. The van der Waals surface area contributed by atoms with Crippen molar-refractivity contribution in [2.45, 2.75) is 6.10 Å². The molecule has 1 atom stereocenters. The zero-order valence-electron chi connectivity index (χ0n) is 16.2. The van der Waals surface area contributed by atoms with Crippen LogP contribution in [0.2, 0.25) is 0 Å². The Balaban J connectivity index is 1.33. The molecule has 2 aromatic heterocycles. The number of amides is 2. The van der Waals surface area contributed by atoms with Crippen LogP contribution in [0.15, 0.2) is 42.9 Å². The van der Waals surface area contributed by atoms with E-state index in [2.05, 4.69) is 27.4 Å². The molecule has 4 heterocycles. The molecule has 0 bridgehead atoms. The van der Waals surface area contributed by atoms with Crippen LogP contribution in [-0.4, -0.2) is 82.2 Å². The molecule has 2 aliphatic rings. The molecule has 2 aromatic rings. The van der Waals surface area contributed by atoms with Crippen molar-refractivity contribution >= 4 is 41.0 Å². The second-order valence-corrected chi connectivity index (χ2v) is 7.41. The van der Waals surface area contributed by atoms with Gasteiger partial charge in [-0.1, -0.05) is 0 Å². The monoisotopic (exact) mass is 430 g/mol. The van der Waals surface area contributed by atoms with Gasteiger partial charge in [0.05, 0.1) is 25.0 Å². The number of nitrogens with one attached hydrogen (secondary N) is 1. The second kappa shape index (κ2) is 8.57. The molecule has 0 radical (unpaired) electrons.